The second-order valence-corrected chi connectivity index (χ2v) is 4.42. The summed E-state index contributed by atoms with van der Waals surface area (Å²) >= 11 is 0. The van der Waals surface area contributed by atoms with Gasteiger partial charge >= 0.3 is 5.97 Å². The fourth-order valence-corrected chi connectivity index (χ4v) is 1.96. The van der Waals surface area contributed by atoms with Crippen molar-refractivity contribution in [2.45, 2.75) is 13.8 Å². The van der Waals surface area contributed by atoms with E-state index >= 15 is 0 Å². The highest BCUT2D eigenvalue weighted by Crippen LogP contribution is 2.10. The summed E-state index contributed by atoms with van der Waals surface area (Å²) in [4.78, 5) is 29.4. The third kappa shape index (κ3) is 2.64. The number of hydrogen-bond donors (Lipinski definition) is 0. The third-order valence-corrected chi connectivity index (χ3v) is 3.13. The van der Waals surface area contributed by atoms with E-state index in [4.69, 9.17) is 0 Å². The van der Waals surface area contributed by atoms with Crippen molar-refractivity contribution in [1.29, 1.82) is 0 Å². The van der Waals surface area contributed by atoms with Crippen LogP contribution in [0.1, 0.15) is 23.1 Å². The van der Waals surface area contributed by atoms with Crippen LogP contribution in [0.5, 0.6) is 0 Å². The lowest BCUT2D eigenvalue weighted by molar-refractivity contribution is -0.141. The summed E-state index contributed by atoms with van der Waals surface area (Å²) < 4.78 is 6.43. The van der Waals surface area contributed by atoms with Gasteiger partial charge in [-0.3, -0.25) is 9.59 Å². The van der Waals surface area contributed by atoms with Gasteiger partial charge in [-0.2, -0.15) is 0 Å². The van der Waals surface area contributed by atoms with E-state index in [0.29, 0.717) is 17.9 Å². The van der Waals surface area contributed by atoms with Crippen LogP contribution in [0.15, 0.2) is 24.4 Å². The fourth-order valence-electron chi connectivity index (χ4n) is 1.96. The number of methoxy groups -OCH3 is 1. The van der Waals surface area contributed by atoms with Gasteiger partial charge in [0.1, 0.15) is 17.9 Å². The molecule has 0 unspecified atom stereocenters. The topological polar surface area (TPSA) is 63.9 Å². The molecule has 6 heteroatoms. The number of aryl methyl sites for hydroxylation is 1. The van der Waals surface area contributed by atoms with E-state index in [0.717, 1.165) is 5.69 Å². The molecule has 2 aromatic heterocycles. The quantitative estimate of drug-likeness (QED) is 0.788. The van der Waals surface area contributed by atoms with Gasteiger partial charge in [0.2, 0.25) is 0 Å². The monoisotopic (exact) mass is 275 g/mol. The number of likely N-dealkylation sites (N-methyl/N-ethyl adjacent to an activating group) is 1. The second kappa shape index (κ2) is 5.73. The molecule has 0 fully saturated rings. The summed E-state index contributed by atoms with van der Waals surface area (Å²) in [5.74, 6) is -0.721. The van der Waals surface area contributed by atoms with Crippen LogP contribution in [-0.4, -0.2) is 46.4 Å². The van der Waals surface area contributed by atoms with Crippen LogP contribution < -0.4 is 0 Å². The number of imidazole rings is 1. The van der Waals surface area contributed by atoms with Gasteiger partial charge in [0.25, 0.3) is 5.91 Å². The second-order valence-electron chi connectivity index (χ2n) is 4.42. The Labute approximate surface area is 117 Å². The molecule has 0 bridgehead atoms. The summed E-state index contributed by atoms with van der Waals surface area (Å²) in [6, 6.07) is 5.66. The zero-order chi connectivity index (χ0) is 14.7. The number of carbonyl (C=O) groups is 2. The largest absolute Gasteiger partial charge is 0.468 e. The van der Waals surface area contributed by atoms with Gasteiger partial charge < -0.3 is 14.0 Å². The van der Waals surface area contributed by atoms with Crippen molar-refractivity contribution in [1.82, 2.24) is 14.3 Å². The maximum absolute atomic E-state index is 12.4. The highest BCUT2D eigenvalue weighted by atomic mass is 16.5. The minimum Gasteiger partial charge on any atom is -0.468 e. The molecule has 106 valence electrons. The molecule has 1 amide bonds. The van der Waals surface area contributed by atoms with Crippen molar-refractivity contribution in [3.63, 3.8) is 0 Å². The van der Waals surface area contributed by atoms with E-state index in [2.05, 4.69) is 9.72 Å². The average Bonchev–Trinajstić information content (AvgIpc) is 2.89. The molecule has 2 aromatic rings. The van der Waals surface area contributed by atoms with E-state index in [-0.39, 0.29) is 12.5 Å². The Balaban J connectivity index is 2.30. The van der Waals surface area contributed by atoms with E-state index < -0.39 is 5.97 Å². The van der Waals surface area contributed by atoms with Crippen molar-refractivity contribution in [2.75, 3.05) is 20.2 Å². The molecular weight excluding hydrogens is 258 g/mol. The lowest BCUT2D eigenvalue weighted by atomic mass is 10.3. The third-order valence-electron chi connectivity index (χ3n) is 3.13. The normalized spacial score (nSPS) is 10.6. The summed E-state index contributed by atoms with van der Waals surface area (Å²) in [5, 5.41) is 0. The molecule has 0 saturated carbocycles. The van der Waals surface area contributed by atoms with Crippen molar-refractivity contribution in [3.05, 3.63) is 35.8 Å². The predicted octanol–water partition coefficient (Wildman–Crippen LogP) is 1.28. The van der Waals surface area contributed by atoms with Crippen molar-refractivity contribution < 1.29 is 14.3 Å². The number of fused-ring (bicyclic) bond motifs is 1. The minimum absolute atomic E-state index is 0.0707. The van der Waals surface area contributed by atoms with Crippen LogP contribution in [0.4, 0.5) is 0 Å². The number of esters is 1. The summed E-state index contributed by atoms with van der Waals surface area (Å²) in [7, 11) is 1.30. The van der Waals surface area contributed by atoms with E-state index in [1.165, 1.54) is 12.0 Å². The van der Waals surface area contributed by atoms with Crippen LogP contribution in [0, 0.1) is 6.92 Å². The first-order chi connectivity index (χ1) is 9.56. The van der Waals surface area contributed by atoms with Gasteiger partial charge in [-0.15, -0.1) is 0 Å². The van der Waals surface area contributed by atoms with Gasteiger partial charge in [-0.05, 0) is 26.0 Å². The first-order valence-electron chi connectivity index (χ1n) is 6.37. The van der Waals surface area contributed by atoms with Gasteiger partial charge in [0, 0.05) is 18.4 Å². The number of ether oxygens (including phenoxy) is 1. The molecule has 0 radical (unpaired) electrons. The minimum atomic E-state index is -0.444. The SMILES string of the molecule is CCN(CC(=O)OC)C(=O)c1cn2c(C)cccc2n1. The van der Waals surface area contributed by atoms with Crippen LogP contribution in [0.3, 0.4) is 0 Å². The molecule has 20 heavy (non-hydrogen) atoms. The summed E-state index contributed by atoms with van der Waals surface area (Å²) in [5.41, 5.74) is 2.03. The molecule has 0 saturated heterocycles. The van der Waals surface area contributed by atoms with Crippen LogP contribution in [0.25, 0.3) is 5.65 Å². The Morgan fingerprint density at radius 1 is 1.40 bits per heavy atom. The molecule has 6 nitrogen and oxygen atoms in total. The van der Waals surface area contributed by atoms with Gasteiger partial charge in [-0.1, -0.05) is 6.07 Å². The van der Waals surface area contributed by atoms with Crippen LogP contribution in [0.2, 0.25) is 0 Å². The first kappa shape index (κ1) is 14.0. The van der Waals surface area contributed by atoms with E-state index in [1.54, 1.807) is 6.20 Å². The number of rotatable bonds is 4. The first-order valence-corrected chi connectivity index (χ1v) is 6.37. The van der Waals surface area contributed by atoms with Gasteiger partial charge in [-0.25, -0.2) is 4.98 Å². The molecule has 0 aromatic carbocycles. The smallest absolute Gasteiger partial charge is 0.325 e. The maximum Gasteiger partial charge on any atom is 0.325 e. The lowest BCUT2D eigenvalue weighted by Gasteiger charge is -2.17. The number of amides is 1. The molecule has 0 aliphatic rings. The van der Waals surface area contributed by atoms with E-state index in [9.17, 15) is 9.59 Å². The van der Waals surface area contributed by atoms with Gasteiger partial charge in [0.15, 0.2) is 0 Å². The zero-order valence-electron chi connectivity index (χ0n) is 11.8. The Morgan fingerprint density at radius 2 is 2.15 bits per heavy atom. The fraction of sp³-hybridized carbons (Fsp3) is 0.357. The molecule has 0 N–H and O–H groups in total. The van der Waals surface area contributed by atoms with Crippen molar-refractivity contribution in [3.8, 4) is 0 Å². The molecule has 0 aliphatic carbocycles. The Kier molecular flexibility index (Phi) is 4.02. The molecule has 2 heterocycles. The molecule has 0 aliphatic heterocycles. The zero-order valence-corrected chi connectivity index (χ0v) is 11.8. The number of aromatic nitrogens is 2. The van der Waals surface area contributed by atoms with Crippen molar-refractivity contribution >= 4 is 17.5 Å². The van der Waals surface area contributed by atoms with Gasteiger partial charge in [0.05, 0.1) is 7.11 Å². The average molecular weight is 275 g/mol. The number of nitrogens with zero attached hydrogens (tertiary/aromatic N) is 3. The molecule has 0 spiro atoms. The highest BCUT2D eigenvalue weighted by Gasteiger charge is 2.20. The number of pyridine rings is 1. The Hall–Kier alpha value is -2.37. The summed E-state index contributed by atoms with van der Waals surface area (Å²) in [6.07, 6.45) is 1.69. The molecule has 0 atom stereocenters. The Bertz CT molecular complexity index is 648. The number of hydrogen-bond acceptors (Lipinski definition) is 4. The predicted molar refractivity (Wildman–Crippen MR) is 73.5 cm³/mol. The van der Waals surface area contributed by atoms with Crippen molar-refractivity contribution in [2.24, 2.45) is 0 Å². The summed E-state index contributed by atoms with van der Waals surface area (Å²) in [6.45, 7) is 4.09. The Morgan fingerprint density at radius 3 is 2.75 bits per heavy atom. The van der Waals surface area contributed by atoms with Crippen LogP contribution >= 0.6 is 0 Å². The highest BCUT2D eigenvalue weighted by molar-refractivity contribution is 5.94. The number of carbonyl (C=O) groups excluding carboxylic acids is 2. The van der Waals surface area contributed by atoms with Crippen LogP contribution in [-0.2, 0) is 9.53 Å². The molecule has 2 rings (SSSR count). The maximum atomic E-state index is 12.4. The standard InChI is InChI=1S/C14H17N3O3/c1-4-16(9-13(18)20-3)14(19)11-8-17-10(2)6-5-7-12(17)15-11/h5-8H,4,9H2,1-3H3. The lowest BCUT2D eigenvalue weighted by Crippen LogP contribution is -2.36. The van der Waals surface area contributed by atoms with E-state index in [1.807, 2.05) is 36.4 Å². The molecular formula is C14H17N3O3.